The van der Waals surface area contributed by atoms with Gasteiger partial charge in [-0.15, -0.1) is 0 Å². The Hall–Kier alpha value is 2.46. The lowest BCUT2D eigenvalue weighted by molar-refractivity contribution is 0.361. The number of hydrogen-bond donors (Lipinski definition) is 6. The van der Waals surface area contributed by atoms with Crippen LogP contribution in [0.25, 0.3) is 0 Å². The van der Waals surface area contributed by atoms with Gasteiger partial charge >= 0.3 is 13.4 Å². The Bertz CT molecular complexity index is 193. The summed E-state index contributed by atoms with van der Waals surface area (Å²) in [5, 5.41) is 0. The fraction of sp³-hybridized carbons (Fsp3) is 1.00. The van der Waals surface area contributed by atoms with Gasteiger partial charge in [0.05, 0.1) is 0 Å². The minimum atomic E-state index is -3.81. The van der Waals surface area contributed by atoms with Crippen molar-refractivity contribution in [2.75, 3.05) is 0 Å². The van der Waals surface area contributed by atoms with E-state index >= 15 is 0 Å². The van der Waals surface area contributed by atoms with Gasteiger partial charge in [-0.05, 0) is 23.6 Å². The zero-order chi connectivity index (χ0) is 15.8. The van der Waals surface area contributed by atoms with Crippen molar-refractivity contribution in [3.63, 3.8) is 0 Å². The minimum Gasteiger partial charge on any atom is -0.325 e. The van der Waals surface area contributed by atoms with Gasteiger partial charge in [-0.1, -0.05) is 53.4 Å². The van der Waals surface area contributed by atoms with Crippen LogP contribution in [-0.2, 0) is 23.6 Å². The molecule has 0 aromatic heterocycles. The molecule has 6 N–H and O–H groups in total. The Morgan fingerprint density at radius 3 is 0.545 bits per heavy atom. The number of unbranched alkanes of at least 4 members (excludes halogenated alkanes) is 2. The Balaban J connectivity index is -0.0000000188. The van der Waals surface area contributed by atoms with Gasteiger partial charge < -0.3 is 29.4 Å². The molecule has 14 heteroatoms. The summed E-state index contributed by atoms with van der Waals surface area (Å²) in [6.07, 6.45) is 5.28. The van der Waals surface area contributed by atoms with Crippen LogP contribution in [0, 0.1) is 0 Å². The molecule has 0 saturated heterocycles. The van der Waals surface area contributed by atoms with E-state index < -0.39 is 13.4 Å². The minimum absolute atomic E-state index is 0. The van der Waals surface area contributed by atoms with Gasteiger partial charge in [-0.3, -0.25) is 0 Å². The average molecular weight is 481 g/mol. The molecule has 0 saturated carbocycles. The molecule has 0 aliphatic rings. The highest BCUT2D eigenvalue weighted by Gasteiger charge is 1.92. The van der Waals surface area contributed by atoms with E-state index in [0.717, 1.165) is 0 Å². The molecule has 0 fully saturated rings. The summed E-state index contributed by atoms with van der Waals surface area (Å²) in [6.45, 7) is 1.11. The SMILES string of the molecule is CCCC.CCCC.OP(O)(O)=S.OP(O)(O)=S.S.S.S.S. The van der Waals surface area contributed by atoms with Gasteiger partial charge in [0.15, 0.2) is 0 Å². The van der Waals surface area contributed by atoms with Crippen LogP contribution in [0.15, 0.2) is 0 Å². The molecule has 0 unspecified atom stereocenters. The molecule has 0 aliphatic heterocycles. The van der Waals surface area contributed by atoms with E-state index in [4.69, 9.17) is 29.4 Å². The maximum absolute atomic E-state index is 7.56. The van der Waals surface area contributed by atoms with Crippen LogP contribution in [0.3, 0.4) is 0 Å². The maximum atomic E-state index is 7.56. The molecule has 0 bridgehead atoms. The number of rotatable bonds is 2. The van der Waals surface area contributed by atoms with E-state index in [1.807, 2.05) is 0 Å². The monoisotopic (exact) mass is 480 g/mol. The standard InChI is InChI=1S/2C4H10.2H3O3PS.4H2S/c2*1-3-4-2;2*1-4(2,3)5;;;;/h2*3-4H2,1-2H3;2*(H3,1,2,3,5);4*1H2. The van der Waals surface area contributed by atoms with Gasteiger partial charge in [0.25, 0.3) is 0 Å². The molecule has 0 aliphatic carbocycles. The van der Waals surface area contributed by atoms with Crippen LogP contribution in [0.1, 0.15) is 53.4 Å². The highest BCUT2D eigenvalue weighted by molar-refractivity contribution is 8.06. The molecule has 0 heterocycles. The molecule has 0 spiro atoms. The predicted octanol–water partition coefficient (Wildman–Crippen LogP) is 2.44. The molecule has 0 aromatic carbocycles. The van der Waals surface area contributed by atoms with Crippen LogP contribution in [-0.4, -0.2) is 29.4 Å². The smallest absolute Gasteiger partial charge is 0.319 e. The molecule has 0 amide bonds. The largest absolute Gasteiger partial charge is 0.325 e. The Labute approximate surface area is 173 Å². The van der Waals surface area contributed by atoms with E-state index in [1.165, 1.54) is 25.7 Å². The number of hydrogen-bond acceptors (Lipinski definition) is 2. The first-order valence-corrected chi connectivity index (χ1v) is 10.7. The van der Waals surface area contributed by atoms with Crippen molar-refractivity contribution >= 4 is 91.0 Å². The molecule has 0 aromatic rings. The van der Waals surface area contributed by atoms with Crippen molar-refractivity contribution in [3.05, 3.63) is 0 Å². The molecule has 0 radical (unpaired) electrons. The summed E-state index contributed by atoms with van der Waals surface area (Å²) in [5.41, 5.74) is 0. The van der Waals surface area contributed by atoms with Crippen LogP contribution in [0.2, 0.25) is 0 Å². The Kier molecular flexibility index (Phi) is 78.4. The quantitative estimate of drug-likeness (QED) is 0.333. The average Bonchev–Trinajstić information content (AvgIpc) is 2.12. The highest BCUT2D eigenvalue weighted by atomic mass is 32.5. The zero-order valence-electron chi connectivity index (χ0n) is 13.2. The summed E-state index contributed by atoms with van der Waals surface area (Å²) in [4.78, 5) is 45.3. The predicted molar refractivity (Wildman–Crippen MR) is 125 cm³/mol. The topological polar surface area (TPSA) is 121 Å². The third kappa shape index (κ3) is 520. The Morgan fingerprint density at radius 1 is 0.500 bits per heavy atom. The van der Waals surface area contributed by atoms with Crippen LogP contribution in [0.5, 0.6) is 0 Å². The van der Waals surface area contributed by atoms with E-state index in [-0.39, 0.29) is 54.0 Å². The molecular weight excluding hydrogens is 446 g/mol. The molecular formula is C8H34O6P2S6. The van der Waals surface area contributed by atoms with Gasteiger partial charge in [-0.2, -0.15) is 54.0 Å². The molecule has 6 nitrogen and oxygen atoms in total. The van der Waals surface area contributed by atoms with E-state index in [0.29, 0.717) is 0 Å². The lowest BCUT2D eigenvalue weighted by Crippen LogP contribution is -1.65. The van der Waals surface area contributed by atoms with Crippen LogP contribution < -0.4 is 0 Å². The van der Waals surface area contributed by atoms with Gasteiger partial charge in [0.2, 0.25) is 0 Å². The van der Waals surface area contributed by atoms with Crippen LogP contribution >= 0.6 is 67.4 Å². The first-order valence-electron chi connectivity index (χ1n) is 5.39. The fourth-order valence-corrected chi connectivity index (χ4v) is 0. The first-order chi connectivity index (χ1) is 7.83. The summed E-state index contributed by atoms with van der Waals surface area (Å²) >= 11 is 7.21. The molecule has 22 heavy (non-hydrogen) atoms. The highest BCUT2D eigenvalue weighted by Crippen LogP contribution is 2.26. The normalized spacial score (nSPS) is 8.09. The van der Waals surface area contributed by atoms with Crippen LogP contribution in [0.4, 0.5) is 0 Å². The second-order valence-electron chi connectivity index (χ2n) is 3.03. The Morgan fingerprint density at radius 2 is 0.545 bits per heavy atom. The second-order valence-corrected chi connectivity index (χ2v) is 8.02. The van der Waals surface area contributed by atoms with Gasteiger partial charge in [0, 0.05) is 0 Å². The van der Waals surface area contributed by atoms with Gasteiger partial charge in [0.1, 0.15) is 0 Å². The second kappa shape index (κ2) is 34.7. The first kappa shape index (κ1) is 49.7. The fourth-order valence-electron chi connectivity index (χ4n) is 0. The van der Waals surface area contributed by atoms with Crippen molar-refractivity contribution < 1.29 is 29.4 Å². The summed E-state index contributed by atoms with van der Waals surface area (Å²) < 4.78 is 0. The molecule has 148 valence electrons. The van der Waals surface area contributed by atoms with E-state index in [2.05, 4.69) is 51.3 Å². The van der Waals surface area contributed by atoms with Crippen molar-refractivity contribution in [3.8, 4) is 0 Å². The third-order valence-corrected chi connectivity index (χ3v) is 1.000. The van der Waals surface area contributed by atoms with Crippen molar-refractivity contribution in [1.82, 2.24) is 0 Å². The molecule has 0 atom stereocenters. The van der Waals surface area contributed by atoms with E-state index in [1.54, 1.807) is 0 Å². The van der Waals surface area contributed by atoms with Crippen molar-refractivity contribution in [2.45, 2.75) is 53.4 Å². The van der Waals surface area contributed by atoms with Crippen molar-refractivity contribution in [2.24, 2.45) is 0 Å². The maximum Gasteiger partial charge on any atom is 0.319 e. The van der Waals surface area contributed by atoms with E-state index in [9.17, 15) is 0 Å². The zero-order valence-corrected chi connectivity index (χ0v) is 20.6. The summed E-state index contributed by atoms with van der Waals surface area (Å²) in [5.74, 6) is 0. The molecule has 0 rings (SSSR count). The lowest BCUT2D eigenvalue weighted by atomic mass is 10.4. The summed E-state index contributed by atoms with van der Waals surface area (Å²) in [6, 6.07) is 0. The third-order valence-electron chi connectivity index (χ3n) is 1.000. The summed E-state index contributed by atoms with van der Waals surface area (Å²) in [7, 11) is 0. The van der Waals surface area contributed by atoms with Gasteiger partial charge in [-0.25, -0.2) is 0 Å². The lowest BCUT2D eigenvalue weighted by Gasteiger charge is -1.88. The van der Waals surface area contributed by atoms with Crippen molar-refractivity contribution in [1.29, 1.82) is 0 Å².